The number of carbonyl (C=O) groups is 2. The lowest BCUT2D eigenvalue weighted by atomic mass is 9.98. The fourth-order valence-electron chi connectivity index (χ4n) is 3.77. The first-order chi connectivity index (χ1) is 16.3. The van der Waals surface area contributed by atoms with Crippen molar-refractivity contribution in [3.05, 3.63) is 54.1 Å². The summed E-state index contributed by atoms with van der Waals surface area (Å²) in [5.41, 5.74) is 2.75. The number of hydroxylamine groups is 1. The molecule has 2 aromatic rings. The monoisotopic (exact) mass is 527 g/mol. The highest BCUT2D eigenvalue weighted by Crippen LogP contribution is 2.35. The fraction of sp³-hybridized carbons (Fsp3) is 0.391. The number of amides is 2. The summed E-state index contributed by atoms with van der Waals surface area (Å²) in [7, 11) is -2.49. The average molecular weight is 528 g/mol. The third-order valence-corrected chi connectivity index (χ3v) is 8.33. The number of methoxy groups -OCH3 is 1. The molecule has 4 N–H and O–H groups in total. The second-order valence-electron chi connectivity index (χ2n) is 7.84. The number of anilines is 1. The summed E-state index contributed by atoms with van der Waals surface area (Å²) in [4.78, 5) is 24.5. The molecule has 1 aliphatic rings. The largest absolute Gasteiger partial charge is 0.497 e. The van der Waals surface area contributed by atoms with E-state index in [1.165, 1.54) is 17.6 Å². The SMILES string of the molecule is COc1ccc(C(=O)NCCCNc2ccc(S(=O)(=O)C3(C(=O)NO)CCOCC3)cc2)cc1.Cl. The molecule has 2 aromatic carbocycles. The van der Waals surface area contributed by atoms with Crippen molar-refractivity contribution in [1.29, 1.82) is 0 Å². The van der Waals surface area contributed by atoms with Gasteiger partial charge in [-0.05, 0) is 67.8 Å². The zero-order valence-corrected chi connectivity index (χ0v) is 20.9. The van der Waals surface area contributed by atoms with Crippen LogP contribution in [0.4, 0.5) is 5.69 Å². The minimum absolute atomic E-state index is 0. The molecule has 35 heavy (non-hydrogen) atoms. The highest BCUT2D eigenvalue weighted by atomic mass is 35.5. The molecule has 1 aliphatic heterocycles. The molecule has 1 saturated heterocycles. The van der Waals surface area contributed by atoms with Gasteiger partial charge in [-0.1, -0.05) is 0 Å². The molecule has 0 bridgehead atoms. The number of ether oxygens (including phenoxy) is 2. The quantitative estimate of drug-likeness (QED) is 0.209. The standard InChI is InChI=1S/C23H29N3O7S.ClH/c1-32-19-7-3-17(4-8-19)21(27)25-14-2-13-24-18-5-9-20(10-6-18)34(30,31)23(22(28)26-29)11-15-33-16-12-23;/h3-10,24,29H,2,11-16H2,1H3,(H,25,27)(H,26,28);1H. The Balaban J connectivity index is 0.00000432. The molecule has 10 nitrogen and oxygen atoms in total. The Morgan fingerprint density at radius 1 is 1.03 bits per heavy atom. The molecule has 0 unspecified atom stereocenters. The normalized spacial score (nSPS) is 14.8. The molecule has 1 fully saturated rings. The predicted molar refractivity (Wildman–Crippen MR) is 132 cm³/mol. The van der Waals surface area contributed by atoms with E-state index in [1.807, 2.05) is 0 Å². The van der Waals surface area contributed by atoms with Gasteiger partial charge in [0.05, 0.1) is 12.0 Å². The van der Waals surface area contributed by atoms with Crippen LogP contribution in [0.1, 0.15) is 29.6 Å². The van der Waals surface area contributed by atoms with Crippen LogP contribution in [0.3, 0.4) is 0 Å². The predicted octanol–water partition coefficient (Wildman–Crippen LogP) is 2.18. The molecule has 0 aromatic heterocycles. The first kappa shape index (κ1) is 28.4. The van der Waals surface area contributed by atoms with E-state index in [0.29, 0.717) is 36.5 Å². The zero-order valence-electron chi connectivity index (χ0n) is 19.3. The number of rotatable bonds is 10. The van der Waals surface area contributed by atoms with Gasteiger partial charge in [0.2, 0.25) is 0 Å². The van der Waals surface area contributed by atoms with E-state index in [-0.39, 0.29) is 49.3 Å². The van der Waals surface area contributed by atoms with E-state index in [2.05, 4.69) is 10.6 Å². The van der Waals surface area contributed by atoms with E-state index in [1.54, 1.807) is 43.5 Å². The van der Waals surface area contributed by atoms with Crippen molar-refractivity contribution in [3.63, 3.8) is 0 Å². The zero-order chi connectivity index (χ0) is 24.6. The maximum atomic E-state index is 13.2. The van der Waals surface area contributed by atoms with Crippen LogP contribution in [-0.2, 0) is 19.4 Å². The Hall–Kier alpha value is -2.86. The van der Waals surface area contributed by atoms with Gasteiger partial charge in [0.1, 0.15) is 5.75 Å². The van der Waals surface area contributed by atoms with Crippen molar-refractivity contribution in [2.75, 3.05) is 38.7 Å². The summed E-state index contributed by atoms with van der Waals surface area (Å²) in [5, 5.41) is 15.1. The molecule has 0 radical (unpaired) electrons. The molecule has 192 valence electrons. The van der Waals surface area contributed by atoms with Crippen LogP contribution in [0.5, 0.6) is 5.75 Å². The first-order valence-electron chi connectivity index (χ1n) is 10.9. The van der Waals surface area contributed by atoms with Crippen LogP contribution in [0.2, 0.25) is 0 Å². The summed E-state index contributed by atoms with van der Waals surface area (Å²) in [5.74, 6) is -0.444. The molecular formula is C23H30ClN3O7S. The number of sulfone groups is 1. The summed E-state index contributed by atoms with van der Waals surface area (Å²) in [6.45, 7) is 1.25. The van der Waals surface area contributed by atoms with E-state index in [4.69, 9.17) is 14.7 Å². The topological polar surface area (TPSA) is 143 Å². The van der Waals surface area contributed by atoms with Gasteiger partial charge >= 0.3 is 0 Å². The number of hydrogen-bond acceptors (Lipinski definition) is 8. The Morgan fingerprint density at radius 3 is 2.23 bits per heavy atom. The third kappa shape index (κ3) is 6.43. The van der Waals surface area contributed by atoms with Gasteiger partial charge in [0, 0.05) is 37.6 Å². The molecule has 3 rings (SSSR count). The van der Waals surface area contributed by atoms with Gasteiger partial charge in [0.25, 0.3) is 11.8 Å². The number of hydrogen-bond donors (Lipinski definition) is 4. The van der Waals surface area contributed by atoms with Crippen LogP contribution in [-0.4, -0.2) is 63.6 Å². The highest BCUT2D eigenvalue weighted by molar-refractivity contribution is 7.93. The second-order valence-corrected chi connectivity index (χ2v) is 10.1. The van der Waals surface area contributed by atoms with Crippen molar-refractivity contribution in [3.8, 4) is 5.75 Å². The lowest BCUT2D eigenvalue weighted by molar-refractivity contribution is -0.134. The van der Waals surface area contributed by atoms with Crippen LogP contribution < -0.4 is 20.9 Å². The molecule has 2 amide bonds. The summed E-state index contributed by atoms with van der Waals surface area (Å²) in [6, 6.07) is 12.9. The van der Waals surface area contributed by atoms with Gasteiger partial charge in [-0.15, -0.1) is 12.4 Å². The molecule has 12 heteroatoms. The van der Waals surface area contributed by atoms with Crippen LogP contribution in [0.25, 0.3) is 0 Å². The van der Waals surface area contributed by atoms with Crippen molar-refractivity contribution < 1.29 is 32.7 Å². The van der Waals surface area contributed by atoms with Gasteiger partial charge in [-0.25, -0.2) is 13.9 Å². The molecular weight excluding hydrogens is 498 g/mol. The summed E-state index contributed by atoms with van der Waals surface area (Å²) < 4.78 is 35.0. The summed E-state index contributed by atoms with van der Waals surface area (Å²) in [6.07, 6.45) is 0.579. The van der Waals surface area contributed by atoms with Gasteiger partial charge in [-0.2, -0.15) is 0 Å². The Morgan fingerprint density at radius 2 is 1.66 bits per heavy atom. The number of carbonyl (C=O) groups excluding carboxylic acids is 2. The molecule has 0 spiro atoms. The minimum atomic E-state index is -4.06. The lowest BCUT2D eigenvalue weighted by Crippen LogP contribution is -2.54. The highest BCUT2D eigenvalue weighted by Gasteiger charge is 2.52. The molecule has 0 saturated carbocycles. The van der Waals surface area contributed by atoms with E-state index < -0.39 is 20.5 Å². The van der Waals surface area contributed by atoms with Crippen molar-refractivity contribution in [1.82, 2.24) is 10.8 Å². The summed E-state index contributed by atoms with van der Waals surface area (Å²) >= 11 is 0. The van der Waals surface area contributed by atoms with Crippen molar-refractivity contribution >= 4 is 39.7 Å². The lowest BCUT2D eigenvalue weighted by Gasteiger charge is -2.34. The number of nitrogens with one attached hydrogen (secondary N) is 3. The minimum Gasteiger partial charge on any atom is -0.497 e. The van der Waals surface area contributed by atoms with Crippen molar-refractivity contribution in [2.45, 2.75) is 28.9 Å². The Bertz CT molecular complexity index is 1090. The maximum Gasteiger partial charge on any atom is 0.265 e. The van der Waals surface area contributed by atoms with Crippen LogP contribution in [0, 0.1) is 0 Å². The van der Waals surface area contributed by atoms with E-state index >= 15 is 0 Å². The smallest absolute Gasteiger partial charge is 0.265 e. The Kier molecular flexibility index (Phi) is 10.3. The van der Waals surface area contributed by atoms with Gasteiger partial charge in [-0.3, -0.25) is 14.8 Å². The Labute approximate surface area is 210 Å². The number of halogens is 1. The fourth-order valence-corrected chi connectivity index (χ4v) is 5.71. The molecule has 0 aliphatic carbocycles. The number of benzene rings is 2. The second kappa shape index (κ2) is 12.7. The third-order valence-electron chi connectivity index (χ3n) is 5.82. The molecule has 1 heterocycles. The average Bonchev–Trinajstić information content (AvgIpc) is 2.88. The van der Waals surface area contributed by atoms with Crippen LogP contribution in [0.15, 0.2) is 53.4 Å². The van der Waals surface area contributed by atoms with Gasteiger partial charge in [0.15, 0.2) is 14.6 Å². The van der Waals surface area contributed by atoms with Crippen molar-refractivity contribution in [2.24, 2.45) is 0 Å². The van der Waals surface area contributed by atoms with Crippen LogP contribution >= 0.6 is 12.4 Å². The van der Waals surface area contributed by atoms with E-state index in [0.717, 1.165) is 0 Å². The van der Waals surface area contributed by atoms with Gasteiger partial charge < -0.3 is 20.1 Å². The molecule has 0 atom stereocenters. The first-order valence-corrected chi connectivity index (χ1v) is 12.4. The maximum absolute atomic E-state index is 13.2. The van der Waals surface area contributed by atoms with E-state index in [9.17, 15) is 18.0 Å².